The quantitative estimate of drug-likeness (QED) is 0.925. The first-order chi connectivity index (χ1) is 8.70. The molecule has 4 nitrogen and oxygen atoms in total. The molecule has 0 unspecified atom stereocenters. The number of nitrogens with one attached hydrogen (secondary N) is 1. The predicted octanol–water partition coefficient (Wildman–Crippen LogP) is 2.78. The molecule has 18 heavy (non-hydrogen) atoms. The van der Waals surface area contributed by atoms with E-state index in [2.05, 4.69) is 15.3 Å². The van der Waals surface area contributed by atoms with Gasteiger partial charge in [-0.2, -0.15) is 0 Å². The van der Waals surface area contributed by atoms with Crippen molar-refractivity contribution in [3.8, 4) is 11.6 Å². The van der Waals surface area contributed by atoms with Crippen molar-refractivity contribution in [3.63, 3.8) is 0 Å². The van der Waals surface area contributed by atoms with Crippen LogP contribution in [0.3, 0.4) is 0 Å². The van der Waals surface area contributed by atoms with Crippen molar-refractivity contribution in [3.05, 3.63) is 47.1 Å². The summed E-state index contributed by atoms with van der Waals surface area (Å²) in [7, 11) is 1.74. The first-order valence-corrected chi connectivity index (χ1v) is 5.65. The van der Waals surface area contributed by atoms with Gasteiger partial charge in [0.05, 0.1) is 11.2 Å². The lowest BCUT2D eigenvalue weighted by Crippen LogP contribution is -2.08. The number of aromatic nitrogens is 2. The minimum absolute atomic E-state index is 0.0909. The number of pyridine rings is 2. The van der Waals surface area contributed by atoms with Crippen molar-refractivity contribution >= 4 is 11.6 Å². The summed E-state index contributed by atoms with van der Waals surface area (Å²) in [4.78, 5) is 7.70. The van der Waals surface area contributed by atoms with Gasteiger partial charge < -0.3 is 10.1 Å². The zero-order chi connectivity index (χ0) is 13.0. The van der Waals surface area contributed by atoms with E-state index in [4.69, 9.17) is 16.3 Å². The number of nitrogens with zero attached hydrogens (tertiary/aromatic N) is 2. The van der Waals surface area contributed by atoms with Crippen LogP contribution in [0, 0.1) is 5.82 Å². The second kappa shape index (κ2) is 5.75. The van der Waals surface area contributed by atoms with Crippen molar-refractivity contribution in [2.75, 3.05) is 7.05 Å². The number of hydrogen-bond acceptors (Lipinski definition) is 4. The molecule has 0 aromatic carbocycles. The Morgan fingerprint density at radius 1 is 1.44 bits per heavy atom. The molecular weight excluding hydrogens is 257 g/mol. The number of hydrogen-bond donors (Lipinski definition) is 1. The first-order valence-electron chi connectivity index (χ1n) is 5.27. The Hall–Kier alpha value is -1.72. The van der Waals surface area contributed by atoms with Gasteiger partial charge in [0.2, 0.25) is 0 Å². The van der Waals surface area contributed by atoms with Crippen molar-refractivity contribution < 1.29 is 9.13 Å². The van der Waals surface area contributed by atoms with Gasteiger partial charge in [-0.25, -0.2) is 9.37 Å². The molecule has 0 radical (unpaired) electrons. The average molecular weight is 268 g/mol. The normalized spacial score (nSPS) is 10.4. The van der Waals surface area contributed by atoms with E-state index in [1.807, 2.05) is 0 Å². The zero-order valence-electron chi connectivity index (χ0n) is 9.65. The lowest BCUT2D eigenvalue weighted by molar-refractivity contribution is 0.416. The molecule has 0 atom stereocenters. The molecule has 0 fully saturated rings. The molecule has 2 aromatic heterocycles. The summed E-state index contributed by atoms with van der Waals surface area (Å²) < 4.78 is 19.3. The van der Waals surface area contributed by atoms with E-state index in [-0.39, 0.29) is 5.88 Å². The van der Waals surface area contributed by atoms with Crippen molar-refractivity contribution in [1.82, 2.24) is 15.3 Å². The van der Waals surface area contributed by atoms with Crippen LogP contribution in [0.15, 0.2) is 30.7 Å². The fourth-order valence-electron chi connectivity index (χ4n) is 1.42. The van der Waals surface area contributed by atoms with Gasteiger partial charge in [-0.05, 0) is 13.1 Å². The van der Waals surface area contributed by atoms with Gasteiger partial charge in [0.25, 0.3) is 5.88 Å². The van der Waals surface area contributed by atoms with Gasteiger partial charge in [-0.1, -0.05) is 11.6 Å². The summed E-state index contributed by atoms with van der Waals surface area (Å²) in [5.74, 6) is -0.242. The van der Waals surface area contributed by atoms with Crippen molar-refractivity contribution in [2.45, 2.75) is 6.54 Å². The Labute approximate surface area is 109 Å². The van der Waals surface area contributed by atoms with Crippen LogP contribution < -0.4 is 10.1 Å². The first kappa shape index (κ1) is 12.7. The van der Waals surface area contributed by atoms with E-state index in [0.717, 1.165) is 0 Å². The van der Waals surface area contributed by atoms with Crippen molar-refractivity contribution in [1.29, 1.82) is 0 Å². The van der Waals surface area contributed by atoms with Crippen LogP contribution in [0.25, 0.3) is 0 Å². The van der Waals surface area contributed by atoms with Crippen LogP contribution in [-0.4, -0.2) is 17.0 Å². The Morgan fingerprint density at radius 2 is 2.28 bits per heavy atom. The predicted molar refractivity (Wildman–Crippen MR) is 66.3 cm³/mol. The molecule has 0 aliphatic rings. The molecule has 1 N–H and O–H groups in total. The van der Waals surface area contributed by atoms with Crippen LogP contribution in [0.2, 0.25) is 5.02 Å². The lowest BCUT2D eigenvalue weighted by atomic mass is 10.2. The van der Waals surface area contributed by atoms with E-state index in [1.54, 1.807) is 19.2 Å². The van der Waals surface area contributed by atoms with Crippen molar-refractivity contribution in [2.24, 2.45) is 0 Å². The van der Waals surface area contributed by atoms with Gasteiger partial charge in [0.1, 0.15) is 5.75 Å². The summed E-state index contributed by atoms with van der Waals surface area (Å²) >= 11 is 5.77. The molecule has 94 valence electrons. The Kier molecular flexibility index (Phi) is 4.07. The molecular formula is C12H11ClFN3O. The van der Waals surface area contributed by atoms with Gasteiger partial charge in [-0.15, -0.1) is 0 Å². The van der Waals surface area contributed by atoms with E-state index in [0.29, 0.717) is 22.9 Å². The summed E-state index contributed by atoms with van der Waals surface area (Å²) in [6, 6.07) is 3.13. The Morgan fingerprint density at radius 3 is 3.00 bits per heavy atom. The SMILES string of the molecule is CNCc1ccnc(Oc2cncc(Cl)c2)c1F. The van der Waals surface area contributed by atoms with E-state index >= 15 is 0 Å². The third-order valence-corrected chi connectivity index (χ3v) is 2.41. The molecule has 0 aliphatic heterocycles. The molecule has 2 rings (SSSR count). The summed E-state index contributed by atoms with van der Waals surface area (Å²) in [6.45, 7) is 0.401. The molecule has 2 aromatic rings. The summed E-state index contributed by atoms with van der Waals surface area (Å²) in [5.41, 5.74) is 0.484. The van der Waals surface area contributed by atoms with E-state index < -0.39 is 5.82 Å². The highest BCUT2D eigenvalue weighted by atomic mass is 35.5. The van der Waals surface area contributed by atoms with Gasteiger partial charge in [0, 0.05) is 30.6 Å². The maximum absolute atomic E-state index is 14.0. The molecule has 0 spiro atoms. The average Bonchev–Trinajstić information content (AvgIpc) is 2.35. The zero-order valence-corrected chi connectivity index (χ0v) is 10.4. The highest BCUT2D eigenvalue weighted by Crippen LogP contribution is 2.25. The Bertz CT molecular complexity index is 551. The van der Waals surface area contributed by atoms with Crippen LogP contribution >= 0.6 is 11.6 Å². The van der Waals surface area contributed by atoms with Crippen LogP contribution in [0.4, 0.5) is 4.39 Å². The summed E-state index contributed by atoms with van der Waals surface area (Å²) in [6.07, 6.45) is 4.40. The van der Waals surface area contributed by atoms with Gasteiger partial charge >= 0.3 is 0 Å². The van der Waals surface area contributed by atoms with Crippen LogP contribution in [0.1, 0.15) is 5.56 Å². The fraction of sp³-hybridized carbons (Fsp3) is 0.167. The Balaban J connectivity index is 2.26. The van der Waals surface area contributed by atoms with Crippen LogP contribution in [-0.2, 0) is 6.54 Å². The topological polar surface area (TPSA) is 47.0 Å². The monoisotopic (exact) mass is 267 g/mol. The smallest absolute Gasteiger partial charge is 0.256 e. The van der Waals surface area contributed by atoms with E-state index in [9.17, 15) is 4.39 Å². The second-order valence-electron chi connectivity index (χ2n) is 3.56. The fourth-order valence-corrected chi connectivity index (χ4v) is 1.58. The largest absolute Gasteiger partial charge is 0.435 e. The third kappa shape index (κ3) is 2.94. The highest BCUT2D eigenvalue weighted by molar-refractivity contribution is 6.30. The number of rotatable bonds is 4. The molecule has 0 bridgehead atoms. The second-order valence-corrected chi connectivity index (χ2v) is 4.00. The molecule has 0 saturated carbocycles. The van der Waals surface area contributed by atoms with E-state index in [1.165, 1.54) is 18.6 Å². The molecule has 0 amide bonds. The molecule has 0 saturated heterocycles. The number of halogens is 2. The lowest BCUT2D eigenvalue weighted by Gasteiger charge is -2.08. The maximum atomic E-state index is 14.0. The highest BCUT2D eigenvalue weighted by Gasteiger charge is 2.11. The maximum Gasteiger partial charge on any atom is 0.256 e. The molecule has 2 heterocycles. The minimum atomic E-state index is -0.494. The van der Waals surface area contributed by atoms with Gasteiger partial charge in [0.15, 0.2) is 5.82 Å². The van der Waals surface area contributed by atoms with Crippen LogP contribution in [0.5, 0.6) is 11.6 Å². The molecule has 6 heteroatoms. The minimum Gasteiger partial charge on any atom is -0.435 e. The third-order valence-electron chi connectivity index (χ3n) is 2.20. The summed E-state index contributed by atoms with van der Waals surface area (Å²) in [5, 5.41) is 3.28. The standard InChI is InChI=1S/C12H11ClFN3O/c1-15-5-8-2-3-17-12(11(8)14)18-10-4-9(13)6-16-7-10/h2-4,6-7,15H,5H2,1H3. The molecule has 0 aliphatic carbocycles. The number of ether oxygens (including phenoxy) is 1. The van der Waals surface area contributed by atoms with Gasteiger partial charge in [-0.3, -0.25) is 4.98 Å².